The van der Waals surface area contributed by atoms with Gasteiger partial charge in [0, 0.05) is 37.8 Å². The number of hydrogen-bond acceptors (Lipinski definition) is 5. The monoisotopic (exact) mass is 471 g/mol. The second-order valence-corrected chi connectivity index (χ2v) is 10.9. The van der Waals surface area contributed by atoms with Crippen LogP contribution in [0.5, 0.6) is 0 Å². The van der Waals surface area contributed by atoms with E-state index in [9.17, 15) is 9.59 Å². The largest absolute Gasteiger partial charge is 0.378 e. The minimum atomic E-state index is -0.249. The highest BCUT2D eigenvalue weighted by Crippen LogP contribution is 2.27. The summed E-state index contributed by atoms with van der Waals surface area (Å²) in [5, 5.41) is 0.353. The van der Waals surface area contributed by atoms with Gasteiger partial charge in [0.2, 0.25) is 5.91 Å². The zero-order chi connectivity index (χ0) is 24.2. The van der Waals surface area contributed by atoms with Crippen LogP contribution in [0.4, 0.5) is 0 Å². The highest BCUT2D eigenvalue weighted by molar-refractivity contribution is 8.00. The first-order valence-electron chi connectivity index (χ1n) is 11.8. The van der Waals surface area contributed by atoms with Crippen molar-refractivity contribution in [2.75, 3.05) is 26.3 Å². The van der Waals surface area contributed by atoms with Crippen LogP contribution in [0.25, 0.3) is 0 Å². The van der Waals surface area contributed by atoms with E-state index in [2.05, 4.69) is 52.0 Å². The molecule has 1 aromatic carbocycles. The molecule has 0 spiro atoms. The Labute approximate surface area is 201 Å². The van der Waals surface area contributed by atoms with Crippen LogP contribution >= 0.6 is 11.8 Å². The molecule has 1 amide bonds. The van der Waals surface area contributed by atoms with Gasteiger partial charge in [-0.2, -0.15) is 0 Å². The van der Waals surface area contributed by atoms with E-state index < -0.39 is 0 Å². The van der Waals surface area contributed by atoms with Crippen LogP contribution in [-0.2, 0) is 28.4 Å². The maximum Gasteiger partial charge on any atom is 0.257 e. The molecule has 33 heavy (non-hydrogen) atoms. The Kier molecular flexibility index (Phi) is 8.40. The molecule has 1 fully saturated rings. The summed E-state index contributed by atoms with van der Waals surface area (Å²) in [5.74, 6) is 0.111. The van der Waals surface area contributed by atoms with E-state index in [-0.39, 0.29) is 22.1 Å². The fourth-order valence-electron chi connectivity index (χ4n) is 3.98. The summed E-state index contributed by atoms with van der Waals surface area (Å²) < 4.78 is 6.99. The zero-order valence-electron chi connectivity index (χ0n) is 20.8. The van der Waals surface area contributed by atoms with E-state index in [1.807, 2.05) is 11.8 Å². The van der Waals surface area contributed by atoms with Crippen LogP contribution in [-0.4, -0.2) is 51.9 Å². The molecule has 1 atom stereocenters. The molecule has 1 aliphatic heterocycles. The van der Waals surface area contributed by atoms with Gasteiger partial charge in [0.05, 0.1) is 18.5 Å². The summed E-state index contributed by atoms with van der Waals surface area (Å²) in [6, 6.07) is 8.47. The number of nitrogens with zero attached hydrogens (tertiary/aromatic N) is 3. The molecule has 2 heterocycles. The number of carbonyl (C=O) groups is 1. The lowest BCUT2D eigenvalue weighted by Gasteiger charge is -2.30. The van der Waals surface area contributed by atoms with Gasteiger partial charge in [0.15, 0.2) is 5.16 Å². The van der Waals surface area contributed by atoms with Crippen molar-refractivity contribution in [2.24, 2.45) is 7.05 Å². The predicted octanol–water partition coefficient (Wildman–Crippen LogP) is 4.10. The van der Waals surface area contributed by atoms with Crippen LogP contribution in [0, 0.1) is 6.92 Å². The first-order valence-corrected chi connectivity index (χ1v) is 12.7. The molecular formula is C26H37N3O3S. The SMILES string of the molecule is CCCC(Sc1nc(C)c(Cc2ccc(C(C)(C)C)cc2)c(=O)n1C)C(=O)N1CCOCC1. The molecule has 3 rings (SSSR count). The lowest BCUT2D eigenvalue weighted by Crippen LogP contribution is -2.45. The molecule has 6 nitrogen and oxygen atoms in total. The quantitative estimate of drug-likeness (QED) is 0.449. The molecule has 1 aromatic heterocycles. The maximum absolute atomic E-state index is 13.2. The zero-order valence-corrected chi connectivity index (χ0v) is 21.6. The van der Waals surface area contributed by atoms with E-state index >= 15 is 0 Å². The van der Waals surface area contributed by atoms with Crippen LogP contribution in [0.1, 0.15) is 62.9 Å². The Morgan fingerprint density at radius 2 is 1.82 bits per heavy atom. The molecule has 0 N–H and O–H groups in total. The maximum atomic E-state index is 13.2. The number of morpholine rings is 1. The number of rotatable bonds is 7. The molecular weight excluding hydrogens is 434 g/mol. The molecule has 1 aliphatic rings. The molecule has 0 saturated carbocycles. The smallest absolute Gasteiger partial charge is 0.257 e. The Hall–Kier alpha value is -2.12. The van der Waals surface area contributed by atoms with Gasteiger partial charge in [-0.1, -0.05) is 70.1 Å². The van der Waals surface area contributed by atoms with E-state index in [1.54, 1.807) is 11.6 Å². The Balaban J connectivity index is 1.82. The van der Waals surface area contributed by atoms with Gasteiger partial charge in [-0.05, 0) is 29.9 Å². The van der Waals surface area contributed by atoms with Gasteiger partial charge in [-0.3, -0.25) is 14.2 Å². The molecule has 0 bridgehead atoms. The Morgan fingerprint density at radius 3 is 2.39 bits per heavy atom. The van der Waals surface area contributed by atoms with Gasteiger partial charge < -0.3 is 9.64 Å². The average Bonchev–Trinajstić information content (AvgIpc) is 2.79. The summed E-state index contributed by atoms with van der Waals surface area (Å²) in [6.45, 7) is 12.9. The Bertz CT molecular complexity index is 1020. The second kappa shape index (κ2) is 10.9. The summed E-state index contributed by atoms with van der Waals surface area (Å²) in [6.07, 6.45) is 2.19. The minimum Gasteiger partial charge on any atom is -0.378 e. The molecule has 7 heteroatoms. The van der Waals surface area contributed by atoms with Gasteiger partial charge in [-0.15, -0.1) is 0 Å². The highest BCUT2D eigenvalue weighted by atomic mass is 32.2. The van der Waals surface area contributed by atoms with Gasteiger partial charge >= 0.3 is 0 Å². The number of carbonyl (C=O) groups excluding carboxylic acids is 1. The lowest BCUT2D eigenvalue weighted by molar-refractivity contribution is -0.134. The fraction of sp³-hybridized carbons (Fsp3) is 0.577. The topological polar surface area (TPSA) is 64.4 Å². The number of ether oxygens (including phenoxy) is 1. The molecule has 2 aromatic rings. The number of aromatic nitrogens is 2. The van der Waals surface area contributed by atoms with Crippen molar-refractivity contribution in [3.05, 3.63) is 57.0 Å². The third-order valence-corrected chi connectivity index (χ3v) is 7.45. The summed E-state index contributed by atoms with van der Waals surface area (Å²) >= 11 is 1.41. The number of benzene rings is 1. The van der Waals surface area contributed by atoms with Gasteiger partial charge in [0.25, 0.3) is 5.56 Å². The predicted molar refractivity (Wildman–Crippen MR) is 134 cm³/mol. The van der Waals surface area contributed by atoms with Crippen LogP contribution in [0.3, 0.4) is 0 Å². The molecule has 1 unspecified atom stereocenters. The number of amides is 1. The van der Waals surface area contributed by atoms with Crippen LogP contribution < -0.4 is 5.56 Å². The molecule has 1 saturated heterocycles. The van der Waals surface area contributed by atoms with Crippen molar-refractivity contribution in [1.29, 1.82) is 0 Å². The lowest BCUT2D eigenvalue weighted by atomic mass is 9.86. The highest BCUT2D eigenvalue weighted by Gasteiger charge is 2.28. The van der Waals surface area contributed by atoms with E-state index in [0.717, 1.165) is 24.1 Å². The van der Waals surface area contributed by atoms with Crippen molar-refractivity contribution >= 4 is 17.7 Å². The summed E-state index contributed by atoms with van der Waals surface area (Å²) in [4.78, 5) is 33.0. The molecule has 180 valence electrons. The third kappa shape index (κ3) is 6.27. The molecule has 0 radical (unpaired) electrons. The van der Waals surface area contributed by atoms with Crippen LogP contribution in [0.2, 0.25) is 0 Å². The summed E-state index contributed by atoms with van der Waals surface area (Å²) in [7, 11) is 1.76. The first kappa shape index (κ1) is 25.5. The number of hydrogen-bond donors (Lipinski definition) is 0. The second-order valence-electron chi connectivity index (χ2n) is 9.78. The van der Waals surface area contributed by atoms with Crippen molar-refractivity contribution in [2.45, 2.75) is 69.7 Å². The van der Waals surface area contributed by atoms with Gasteiger partial charge in [0.1, 0.15) is 0 Å². The molecule has 0 aliphatic carbocycles. The van der Waals surface area contributed by atoms with E-state index in [1.165, 1.54) is 17.3 Å². The van der Waals surface area contributed by atoms with Crippen molar-refractivity contribution in [1.82, 2.24) is 14.5 Å². The van der Waals surface area contributed by atoms with Crippen LogP contribution in [0.15, 0.2) is 34.2 Å². The van der Waals surface area contributed by atoms with Gasteiger partial charge in [-0.25, -0.2) is 4.98 Å². The Morgan fingerprint density at radius 1 is 1.18 bits per heavy atom. The number of thioether (sulfide) groups is 1. The minimum absolute atomic E-state index is 0.0426. The van der Waals surface area contributed by atoms with Crippen molar-refractivity contribution in [3.8, 4) is 0 Å². The van der Waals surface area contributed by atoms with Crippen molar-refractivity contribution < 1.29 is 9.53 Å². The van der Waals surface area contributed by atoms with Crippen molar-refractivity contribution in [3.63, 3.8) is 0 Å². The standard InChI is InChI=1S/C26H37N3O3S/c1-7-8-22(24(31)29-13-15-32-16-14-29)33-25-27-18(2)21(23(30)28(25)6)17-19-9-11-20(12-10-19)26(3,4)5/h9-12,22H,7-8,13-17H2,1-6H3. The fourth-order valence-corrected chi connectivity index (χ4v) is 5.26. The number of aryl methyl sites for hydroxylation is 1. The average molecular weight is 472 g/mol. The normalized spacial score (nSPS) is 15.5. The third-order valence-electron chi connectivity index (χ3n) is 6.15. The summed E-state index contributed by atoms with van der Waals surface area (Å²) in [5.41, 5.74) is 3.86. The first-order chi connectivity index (χ1) is 15.6. The van der Waals surface area contributed by atoms with E-state index in [0.29, 0.717) is 43.4 Å². The van der Waals surface area contributed by atoms with E-state index in [4.69, 9.17) is 9.72 Å².